The molecule has 58 heavy (non-hydrogen) atoms. The van der Waals surface area contributed by atoms with Crippen LogP contribution in [0.1, 0.15) is 95.3 Å². The van der Waals surface area contributed by atoms with Gasteiger partial charge in [-0.2, -0.15) is 0 Å². The van der Waals surface area contributed by atoms with Gasteiger partial charge in [0.1, 0.15) is 28.5 Å². The van der Waals surface area contributed by atoms with Crippen LogP contribution in [-0.2, 0) is 32.1 Å². The third kappa shape index (κ3) is 10.3. The van der Waals surface area contributed by atoms with E-state index in [0.29, 0.717) is 97.9 Å². The average Bonchev–Trinajstić information content (AvgIpc) is 3.70. The number of nitrogens with one attached hydrogen (secondary N) is 1. The number of imide groups is 1. The second-order valence-electron chi connectivity index (χ2n) is 17.4. The molecule has 0 bridgehead atoms. The predicted octanol–water partition coefficient (Wildman–Crippen LogP) is 7.09. The van der Waals surface area contributed by atoms with Gasteiger partial charge in [0.15, 0.2) is 0 Å². The number of ether oxygens (including phenoxy) is 3. The Bertz CT molecular complexity index is 2150. The van der Waals surface area contributed by atoms with Gasteiger partial charge in [0.05, 0.1) is 53.3 Å². The number of pyridine rings is 2. The number of fused-ring (bicyclic) bond motifs is 2. The van der Waals surface area contributed by atoms with Crippen LogP contribution >= 0.6 is 0 Å². The molecule has 14 nitrogen and oxygen atoms in total. The van der Waals surface area contributed by atoms with Crippen molar-refractivity contribution >= 4 is 40.8 Å². The summed E-state index contributed by atoms with van der Waals surface area (Å²) in [5.74, 6) is -0.631. The first-order valence-corrected chi connectivity index (χ1v) is 19.8. The van der Waals surface area contributed by atoms with Crippen molar-refractivity contribution in [3.05, 3.63) is 71.4 Å². The van der Waals surface area contributed by atoms with E-state index in [9.17, 15) is 23.9 Å². The van der Waals surface area contributed by atoms with E-state index in [-0.39, 0.29) is 19.1 Å². The van der Waals surface area contributed by atoms with Gasteiger partial charge in [-0.25, -0.2) is 24.1 Å². The molecule has 15 heteroatoms. The normalized spacial score (nSPS) is 15.6. The molecule has 0 unspecified atom stereocenters. The van der Waals surface area contributed by atoms with E-state index in [4.69, 9.17) is 19.2 Å². The van der Waals surface area contributed by atoms with E-state index in [1.54, 1.807) is 43.6 Å². The molecule has 1 aromatic carbocycles. The van der Waals surface area contributed by atoms with Crippen molar-refractivity contribution in [2.75, 3.05) is 50.6 Å². The Kier molecular flexibility index (Phi) is 12.5. The monoisotopic (exact) mass is 801 g/mol. The Hall–Kier alpha value is -5.12. The van der Waals surface area contributed by atoms with Gasteiger partial charge in [-0.05, 0) is 111 Å². The molecule has 2 N–H and O–H groups in total. The summed E-state index contributed by atoms with van der Waals surface area (Å²) < 4.78 is 32.6. The molecule has 3 aromatic heterocycles. The molecule has 0 saturated carbocycles. The number of benzene rings is 1. The number of rotatable bonds is 13. The number of aromatic nitrogens is 3. The minimum absolute atomic E-state index is 0.0267. The van der Waals surface area contributed by atoms with Crippen LogP contribution in [0.4, 0.5) is 26.4 Å². The Balaban J connectivity index is 1.18. The first-order chi connectivity index (χ1) is 27.3. The topological polar surface area (TPSA) is 151 Å². The maximum atomic E-state index is 14.1. The fourth-order valence-corrected chi connectivity index (χ4v) is 7.23. The Morgan fingerprint density at radius 1 is 1.00 bits per heavy atom. The third-order valence-electron chi connectivity index (χ3n) is 9.88. The number of carbonyl (C=O) groups is 3. The lowest BCUT2D eigenvalue weighted by Crippen LogP contribution is -2.47. The van der Waals surface area contributed by atoms with Gasteiger partial charge in [-0.1, -0.05) is 6.07 Å². The Morgan fingerprint density at radius 3 is 2.41 bits per heavy atom. The van der Waals surface area contributed by atoms with Crippen molar-refractivity contribution in [3.63, 3.8) is 0 Å². The molecule has 2 aliphatic rings. The fourth-order valence-electron chi connectivity index (χ4n) is 7.23. The molecule has 0 atom stereocenters. The largest absolute Gasteiger partial charge is 0.460 e. The number of aliphatic hydroxyl groups is 1. The van der Waals surface area contributed by atoms with E-state index >= 15 is 0 Å². The van der Waals surface area contributed by atoms with E-state index in [0.717, 1.165) is 16.3 Å². The van der Waals surface area contributed by atoms with E-state index < -0.39 is 34.6 Å². The van der Waals surface area contributed by atoms with Crippen molar-refractivity contribution in [1.82, 2.24) is 24.2 Å². The van der Waals surface area contributed by atoms with E-state index in [2.05, 4.69) is 15.2 Å². The number of hydrogen-bond acceptors (Lipinski definition) is 12. The SMILES string of the molecule is CN(C)Cc1nc(Nc2ccc(-c3cnc4cc(F)ccn34)c3c2C(=O)N(C(=O)OC(C)(C)C)C3)ccc1N1CCC(O)(COCCCCC(=O)OC(C)(C)C)CC1. The van der Waals surface area contributed by atoms with Crippen molar-refractivity contribution in [1.29, 1.82) is 0 Å². The summed E-state index contributed by atoms with van der Waals surface area (Å²) in [6.45, 7) is 13.2. The van der Waals surface area contributed by atoms with Gasteiger partial charge in [-0.15, -0.1) is 0 Å². The molecular weight excluding hydrogens is 746 g/mol. The molecule has 1 fully saturated rings. The number of unbranched alkanes of at least 4 members (excludes halogenated alkanes) is 1. The standard InChI is InChI=1S/C43H56FN7O7/c1-41(2,3)57-37(52)11-9-10-22-56-27-43(55)17-20-49(21-18-43)33-14-15-35(47-32(33)26-48(7)8)46-31-13-12-29(34-24-45-36-23-28(44)16-19-50(34)36)30-25-51(39(53)38(30)31)40(54)58-42(4,5)6/h12-16,19,23-24,55H,9-11,17-18,20-22,25-27H2,1-8H3,(H,46,47). The van der Waals surface area contributed by atoms with Crippen molar-refractivity contribution < 1.29 is 38.1 Å². The summed E-state index contributed by atoms with van der Waals surface area (Å²) in [6.07, 6.45) is 5.19. The molecule has 312 valence electrons. The van der Waals surface area contributed by atoms with Crippen LogP contribution in [0.2, 0.25) is 0 Å². The van der Waals surface area contributed by atoms with Gasteiger partial charge >= 0.3 is 12.1 Å². The third-order valence-corrected chi connectivity index (χ3v) is 9.88. The zero-order chi connectivity index (χ0) is 42.0. The number of hydrogen-bond donors (Lipinski definition) is 2. The van der Waals surface area contributed by atoms with Crippen molar-refractivity contribution in [3.8, 4) is 11.3 Å². The summed E-state index contributed by atoms with van der Waals surface area (Å²) in [6, 6.07) is 10.2. The predicted molar refractivity (Wildman–Crippen MR) is 219 cm³/mol. The summed E-state index contributed by atoms with van der Waals surface area (Å²) in [5, 5.41) is 14.7. The Labute approximate surface area is 339 Å². The number of amides is 2. The molecule has 2 aliphatic heterocycles. The van der Waals surface area contributed by atoms with Crippen molar-refractivity contribution in [2.45, 2.75) is 104 Å². The summed E-state index contributed by atoms with van der Waals surface area (Å²) in [7, 11) is 3.94. The number of imidazole rings is 1. The number of piperidine rings is 1. The summed E-state index contributed by atoms with van der Waals surface area (Å²) >= 11 is 0. The van der Waals surface area contributed by atoms with Gasteiger partial charge < -0.3 is 34.4 Å². The van der Waals surface area contributed by atoms with E-state index in [1.807, 2.05) is 58.0 Å². The highest BCUT2D eigenvalue weighted by atomic mass is 19.1. The molecule has 2 amide bonds. The second-order valence-corrected chi connectivity index (χ2v) is 17.4. The number of halogens is 1. The first-order valence-electron chi connectivity index (χ1n) is 19.8. The quantitative estimate of drug-likeness (QED) is 0.105. The lowest BCUT2D eigenvalue weighted by Gasteiger charge is -2.39. The summed E-state index contributed by atoms with van der Waals surface area (Å²) in [4.78, 5) is 54.2. The maximum Gasteiger partial charge on any atom is 0.417 e. The number of esters is 1. The van der Waals surface area contributed by atoms with Gasteiger partial charge in [0, 0.05) is 50.5 Å². The van der Waals surface area contributed by atoms with Gasteiger partial charge in [0.25, 0.3) is 5.91 Å². The minimum atomic E-state index is -0.954. The van der Waals surface area contributed by atoms with Crippen LogP contribution < -0.4 is 10.2 Å². The fraction of sp³-hybridized carbons (Fsp3) is 0.512. The molecule has 5 heterocycles. The van der Waals surface area contributed by atoms with Crippen LogP contribution in [-0.4, -0.2) is 104 Å². The highest BCUT2D eigenvalue weighted by Gasteiger charge is 2.39. The first kappa shape index (κ1) is 42.5. The zero-order valence-corrected chi connectivity index (χ0v) is 34.9. The number of nitrogens with zero attached hydrogens (tertiary/aromatic N) is 6. The smallest absolute Gasteiger partial charge is 0.417 e. The molecule has 0 radical (unpaired) electrons. The molecule has 6 rings (SSSR count). The van der Waals surface area contributed by atoms with Crippen LogP contribution in [0.5, 0.6) is 0 Å². The van der Waals surface area contributed by atoms with Crippen LogP contribution in [0.25, 0.3) is 16.9 Å². The Morgan fingerprint density at radius 2 is 1.72 bits per heavy atom. The highest BCUT2D eigenvalue weighted by Crippen LogP contribution is 2.39. The number of carbonyl (C=O) groups excluding carboxylic acids is 3. The molecule has 0 spiro atoms. The van der Waals surface area contributed by atoms with Gasteiger partial charge in [0.2, 0.25) is 0 Å². The molecule has 1 saturated heterocycles. The molecular formula is C43H56FN7O7. The van der Waals surface area contributed by atoms with Crippen molar-refractivity contribution in [2.24, 2.45) is 0 Å². The number of anilines is 3. The average molecular weight is 802 g/mol. The lowest BCUT2D eigenvalue weighted by molar-refractivity contribution is -0.155. The van der Waals surface area contributed by atoms with Crippen LogP contribution in [0.15, 0.2) is 48.8 Å². The van der Waals surface area contributed by atoms with E-state index in [1.165, 1.54) is 12.1 Å². The summed E-state index contributed by atoms with van der Waals surface area (Å²) in [5.41, 5.74) is 2.59. The highest BCUT2D eigenvalue weighted by molar-refractivity contribution is 6.11. The maximum absolute atomic E-state index is 14.1. The molecule has 0 aliphatic carbocycles. The minimum Gasteiger partial charge on any atom is -0.460 e. The van der Waals surface area contributed by atoms with Gasteiger partial charge in [-0.3, -0.25) is 14.0 Å². The lowest BCUT2D eigenvalue weighted by atomic mass is 9.92. The second kappa shape index (κ2) is 17.0. The van der Waals surface area contributed by atoms with Crippen LogP contribution in [0.3, 0.4) is 0 Å². The van der Waals surface area contributed by atoms with Crippen LogP contribution in [0, 0.1) is 5.82 Å². The molecule has 4 aromatic rings. The zero-order valence-electron chi connectivity index (χ0n) is 34.9.